The van der Waals surface area contributed by atoms with Crippen LogP contribution in [0.2, 0.25) is 13.1 Å². The molecule has 0 bridgehead atoms. The fourth-order valence-corrected chi connectivity index (χ4v) is 9.19. The van der Waals surface area contributed by atoms with E-state index in [9.17, 15) is 4.79 Å². The number of nitrogens with zero attached hydrogens (tertiary/aromatic N) is 4. The number of aromatic nitrogens is 3. The van der Waals surface area contributed by atoms with Gasteiger partial charge in [0.1, 0.15) is 35.4 Å². The Balaban J connectivity index is 1.50. The molecule has 9 nitrogen and oxygen atoms in total. The molecule has 6 rings (SSSR count). The van der Waals surface area contributed by atoms with E-state index < -0.39 is 8.07 Å². The molecule has 0 saturated carbocycles. The molecule has 43 heavy (non-hydrogen) atoms. The topological polar surface area (TPSA) is 102 Å². The van der Waals surface area contributed by atoms with Gasteiger partial charge in [-0.1, -0.05) is 42.1 Å². The van der Waals surface area contributed by atoms with Crippen molar-refractivity contribution in [2.45, 2.75) is 32.9 Å². The number of benzene rings is 2. The molecule has 0 spiro atoms. The van der Waals surface area contributed by atoms with Crippen molar-refractivity contribution in [1.29, 1.82) is 0 Å². The quantitative estimate of drug-likeness (QED) is 0.322. The standard InChI is InChI=1S/C33H37N5O4Si/c1-21-6-9-25-29(16-21)43(4,5)30-19-23(37(2)3)8-10-26(30)32(25)27-17-24(18-28-33(27)42-15-14-41-28)38-20-22(35-36-38)7-11-31(40)34-12-13-39/h6,8-10,16-20,39H,7,11-15H2,1-5H3/p+1. The average molecular weight is 597 g/mol. The molecule has 0 fully saturated rings. The van der Waals surface area contributed by atoms with E-state index in [1.807, 2.05) is 12.3 Å². The highest BCUT2D eigenvalue weighted by Crippen LogP contribution is 2.47. The van der Waals surface area contributed by atoms with Crippen molar-refractivity contribution in [2.24, 2.45) is 0 Å². The lowest BCUT2D eigenvalue weighted by Gasteiger charge is -2.38. The van der Waals surface area contributed by atoms with Crippen molar-refractivity contribution < 1.29 is 24.0 Å². The van der Waals surface area contributed by atoms with Crippen LogP contribution in [0.3, 0.4) is 0 Å². The number of aliphatic hydroxyl groups excluding tert-OH is 1. The van der Waals surface area contributed by atoms with Gasteiger partial charge in [-0.2, -0.15) is 0 Å². The molecule has 3 aliphatic rings. The molecule has 2 N–H and O–H groups in total. The number of nitrogens with one attached hydrogen (secondary N) is 1. The number of carbonyl (C=O) groups is 1. The number of allylic oxidation sites excluding steroid dienone is 5. The SMILES string of the molecule is Cc1ccc2c(c1)[Si](C)(C)C1=CC(=[N+](C)C)C=CC1=C2c1cc(-n2cc(CCC(=O)NCCO)nn2)cc2c1OCCO2. The van der Waals surface area contributed by atoms with Crippen LogP contribution in [0.25, 0.3) is 11.3 Å². The summed E-state index contributed by atoms with van der Waals surface area (Å²) in [6, 6.07) is 10.9. The summed E-state index contributed by atoms with van der Waals surface area (Å²) in [5.74, 6) is 1.28. The minimum Gasteiger partial charge on any atom is -0.486 e. The first-order valence-corrected chi connectivity index (χ1v) is 17.7. The second-order valence-electron chi connectivity index (χ2n) is 11.9. The molecule has 0 unspecified atom stereocenters. The first kappa shape index (κ1) is 28.8. The average Bonchev–Trinajstić information content (AvgIpc) is 3.48. The van der Waals surface area contributed by atoms with Gasteiger partial charge in [0.05, 0.1) is 24.2 Å². The van der Waals surface area contributed by atoms with Crippen LogP contribution >= 0.6 is 0 Å². The van der Waals surface area contributed by atoms with Gasteiger partial charge >= 0.3 is 0 Å². The Bertz CT molecular complexity index is 1740. The van der Waals surface area contributed by atoms with E-state index in [1.54, 1.807) is 4.68 Å². The maximum atomic E-state index is 12.0. The summed E-state index contributed by atoms with van der Waals surface area (Å²) in [5.41, 5.74) is 8.49. The lowest BCUT2D eigenvalue weighted by Crippen LogP contribution is -2.49. The Morgan fingerprint density at radius 3 is 2.72 bits per heavy atom. The van der Waals surface area contributed by atoms with Crippen molar-refractivity contribution in [3.05, 3.63) is 87.9 Å². The molecule has 0 atom stereocenters. The van der Waals surface area contributed by atoms with Crippen LogP contribution in [0, 0.1) is 6.92 Å². The smallest absolute Gasteiger partial charge is 0.220 e. The molecular weight excluding hydrogens is 558 g/mol. The molecule has 1 aliphatic carbocycles. The third-order valence-electron chi connectivity index (χ3n) is 8.32. The number of carbonyl (C=O) groups excluding carboxylic acids is 1. The van der Waals surface area contributed by atoms with Crippen LogP contribution in [-0.2, 0) is 11.2 Å². The highest BCUT2D eigenvalue weighted by Gasteiger charge is 2.41. The monoisotopic (exact) mass is 596 g/mol. The first-order valence-electron chi connectivity index (χ1n) is 14.7. The van der Waals surface area contributed by atoms with E-state index in [2.05, 4.69) is 96.8 Å². The van der Waals surface area contributed by atoms with Crippen molar-refractivity contribution >= 4 is 30.5 Å². The Morgan fingerprint density at radius 1 is 1.12 bits per heavy atom. The number of ether oxygens (including phenoxy) is 2. The van der Waals surface area contributed by atoms with E-state index in [1.165, 1.54) is 32.8 Å². The van der Waals surface area contributed by atoms with Crippen LogP contribution in [-0.4, -0.2) is 84.8 Å². The van der Waals surface area contributed by atoms with Gasteiger partial charge in [0.15, 0.2) is 17.2 Å². The zero-order chi connectivity index (χ0) is 30.3. The molecular formula is C33H38N5O4Si+. The van der Waals surface area contributed by atoms with Gasteiger partial charge in [-0.05, 0) is 46.2 Å². The van der Waals surface area contributed by atoms with Gasteiger partial charge in [0.25, 0.3) is 0 Å². The minimum absolute atomic E-state index is 0.0849. The summed E-state index contributed by atoms with van der Waals surface area (Å²) in [7, 11) is 2.12. The zero-order valence-corrected chi connectivity index (χ0v) is 26.4. The second kappa shape index (κ2) is 11.4. The van der Waals surface area contributed by atoms with Gasteiger partial charge in [0, 0.05) is 43.2 Å². The molecule has 3 heterocycles. The van der Waals surface area contributed by atoms with Crippen molar-refractivity contribution in [3.8, 4) is 17.2 Å². The van der Waals surface area contributed by atoms with Gasteiger partial charge in [-0.15, -0.1) is 5.10 Å². The van der Waals surface area contributed by atoms with Crippen molar-refractivity contribution in [2.75, 3.05) is 40.5 Å². The van der Waals surface area contributed by atoms with Crippen LogP contribution in [0.5, 0.6) is 11.5 Å². The summed E-state index contributed by atoms with van der Waals surface area (Å²) in [4.78, 5) is 12.0. The Labute approximate surface area is 252 Å². The lowest BCUT2D eigenvalue weighted by atomic mass is 9.88. The number of amides is 1. The molecule has 1 amide bonds. The van der Waals surface area contributed by atoms with Gasteiger partial charge in [-0.25, -0.2) is 9.26 Å². The van der Waals surface area contributed by atoms with Crippen LogP contribution < -0.4 is 20.0 Å². The zero-order valence-electron chi connectivity index (χ0n) is 25.4. The molecule has 3 aromatic rings. The molecule has 222 valence electrons. The van der Waals surface area contributed by atoms with Crippen molar-refractivity contribution in [3.63, 3.8) is 0 Å². The highest BCUT2D eigenvalue weighted by atomic mass is 28.3. The highest BCUT2D eigenvalue weighted by molar-refractivity contribution is 6.98. The van der Waals surface area contributed by atoms with E-state index in [-0.39, 0.29) is 25.5 Å². The lowest BCUT2D eigenvalue weighted by molar-refractivity contribution is -0.462. The number of hydrogen-bond donors (Lipinski definition) is 2. The normalized spacial score (nSPS) is 16.4. The molecule has 10 heteroatoms. The van der Waals surface area contributed by atoms with Crippen molar-refractivity contribution in [1.82, 2.24) is 20.3 Å². The summed E-state index contributed by atoms with van der Waals surface area (Å²) in [5, 5.41) is 23.2. The van der Waals surface area contributed by atoms with Crippen LogP contribution in [0.4, 0.5) is 0 Å². The first-order chi connectivity index (χ1) is 20.7. The Kier molecular flexibility index (Phi) is 7.66. The maximum absolute atomic E-state index is 12.0. The summed E-state index contributed by atoms with van der Waals surface area (Å²) in [6.07, 6.45) is 9.38. The molecule has 0 radical (unpaired) electrons. The van der Waals surface area contributed by atoms with Gasteiger partial charge in [0.2, 0.25) is 5.91 Å². The maximum Gasteiger partial charge on any atom is 0.220 e. The molecule has 2 aromatic carbocycles. The second-order valence-corrected chi connectivity index (χ2v) is 16.2. The molecule has 2 aliphatic heterocycles. The number of rotatable bonds is 7. The largest absolute Gasteiger partial charge is 0.486 e. The third-order valence-corrected chi connectivity index (χ3v) is 11.8. The predicted molar refractivity (Wildman–Crippen MR) is 169 cm³/mol. The van der Waals surface area contributed by atoms with Crippen LogP contribution in [0.15, 0.2) is 65.5 Å². The predicted octanol–water partition coefficient (Wildman–Crippen LogP) is 2.87. The summed E-state index contributed by atoms with van der Waals surface area (Å²) in [6.45, 7) is 8.14. The van der Waals surface area contributed by atoms with E-state index >= 15 is 0 Å². The van der Waals surface area contributed by atoms with Gasteiger partial charge in [-0.3, -0.25) is 4.79 Å². The van der Waals surface area contributed by atoms with Gasteiger partial charge < -0.3 is 19.9 Å². The third kappa shape index (κ3) is 5.36. The number of aliphatic hydroxyl groups is 1. The Hall–Kier alpha value is -4.28. The molecule has 1 aromatic heterocycles. The summed E-state index contributed by atoms with van der Waals surface area (Å²) < 4.78 is 16.4. The fourth-order valence-electron chi connectivity index (χ4n) is 6.04. The number of fused-ring (bicyclic) bond motifs is 3. The Morgan fingerprint density at radius 2 is 1.93 bits per heavy atom. The number of hydrogen-bond acceptors (Lipinski definition) is 6. The van der Waals surface area contributed by atoms with E-state index in [4.69, 9.17) is 14.6 Å². The van der Waals surface area contributed by atoms with E-state index in [0.29, 0.717) is 31.1 Å². The van der Waals surface area contributed by atoms with E-state index in [0.717, 1.165) is 22.6 Å². The number of aryl methyl sites for hydroxylation is 2. The molecule has 0 saturated heterocycles. The fraction of sp³-hybridized carbons (Fsp3) is 0.333. The minimum atomic E-state index is -2.05. The van der Waals surface area contributed by atoms with Crippen LogP contribution in [0.1, 0.15) is 28.8 Å². The summed E-state index contributed by atoms with van der Waals surface area (Å²) >= 11 is 0.